The molecule has 27 heavy (non-hydrogen) atoms. The zero-order valence-electron chi connectivity index (χ0n) is 14.5. The van der Waals surface area contributed by atoms with Gasteiger partial charge in [-0.15, -0.1) is 0 Å². The molecular formula is C18H16Cl3N3O3. The lowest BCUT2D eigenvalue weighted by atomic mass is 10.1. The van der Waals surface area contributed by atoms with Gasteiger partial charge in [0.25, 0.3) is 0 Å². The molecule has 0 saturated carbocycles. The van der Waals surface area contributed by atoms with Crippen LogP contribution in [0.3, 0.4) is 0 Å². The molecule has 2 heterocycles. The van der Waals surface area contributed by atoms with Crippen LogP contribution in [-0.4, -0.2) is 42.4 Å². The molecule has 0 saturated heterocycles. The number of hydrogen-bond acceptors (Lipinski definition) is 6. The Bertz CT molecular complexity index is 970. The summed E-state index contributed by atoms with van der Waals surface area (Å²) in [6.07, 6.45) is 1.63. The van der Waals surface area contributed by atoms with Gasteiger partial charge in [0, 0.05) is 35.1 Å². The maximum atomic E-state index is 9.16. The number of halogens is 3. The number of fused-ring (bicyclic) bond motifs is 1. The van der Waals surface area contributed by atoms with Crippen LogP contribution in [0.5, 0.6) is 11.5 Å². The van der Waals surface area contributed by atoms with Gasteiger partial charge in [-0.25, -0.2) is 9.97 Å². The van der Waals surface area contributed by atoms with Crippen LogP contribution in [0.1, 0.15) is 0 Å². The van der Waals surface area contributed by atoms with Crippen LogP contribution >= 0.6 is 34.8 Å². The lowest BCUT2D eigenvalue weighted by Crippen LogP contribution is -2.08. The highest BCUT2D eigenvalue weighted by molar-refractivity contribution is 6.41. The van der Waals surface area contributed by atoms with E-state index in [1.54, 1.807) is 24.4 Å². The molecule has 0 amide bonds. The molecule has 2 N–H and O–H groups in total. The Hall–Kier alpha value is -1.99. The summed E-state index contributed by atoms with van der Waals surface area (Å²) >= 11 is 19.0. The quantitative estimate of drug-likeness (QED) is 0.555. The van der Waals surface area contributed by atoms with Crippen molar-refractivity contribution in [1.29, 1.82) is 0 Å². The molecule has 142 valence electrons. The van der Waals surface area contributed by atoms with Crippen LogP contribution in [0.25, 0.3) is 22.0 Å². The molecule has 0 aliphatic rings. The largest absolute Gasteiger partial charge is 0.495 e. The number of methoxy groups -OCH3 is 2. The van der Waals surface area contributed by atoms with E-state index in [-0.39, 0.29) is 6.61 Å². The van der Waals surface area contributed by atoms with Gasteiger partial charge in [-0.3, -0.25) is 0 Å². The molecule has 0 fully saturated rings. The van der Waals surface area contributed by atoms with Crippen molar-refractivity contribution in [2.75, 3.05) is 32.7 Å². The van der Waals surface area contributed by atoms with Crippen LogP contribution in [0.4, 0.5) is 5.82 Å². The predicted molar refractivity (Wildman–Crippen MR) is 109 cm³/mol. The molecule has 0 atom stereocenters. The van der Waals surface area contributed by atoms with Gasteiger partial charge in [0.1, 0.15) is 22.5 Å². The van der Waals surface area contributed by atoms with Crippen molar-refractivity contribution in [3.63, 3.8) is 0 Å². The highest BCUT2D eigenvalue weighted by Gasteiger charge is 2.21. The molecule has 0 spiro atoms. The fourth-order valence-corrected chi connectivity index (χ4v) is 3.52. The van der Waals surface area contributed by atoms with Crippen molar-refractivity contribution in [1.82, 2.24) is 9.97 Å². The first-order chi connectivity index (χ1) is 13.0. The van der Waals surface area contributed by atoms with E-state index in [1.807, 2.05) is 0 Å². The fourth-order valence-electron chi connectivity index (χ4n) is 2.67. The van der Waals surface area contributed by atoms with Crippen molar-refractivity contribution in [3.05, 3.63) is 39.6 Å². The number of nitrogens with one attached hydrogen (secondary N) is 1. The molecule has 3 aromatic rings. The molecule has 0 radical (unpaired) electrons. The summed E-state index contributed by atoms with van der Waals surface area (Å²) in [6, 6.07) is 5.11. The third kappa shape index (κ3) is 3.84. The first-order valence-electron chi connectivity index (χ1n) is 7.91. The van der Waals surface area contributed by atoms with Crippen LogP contribution in [0.2, 0.25) is 15.2 Å². The van der Waals surface area contributed by atoms with Gasteiger partial charge >= 0.3 is 0 Å². The van der Waals surface area contributed by atoms with E-state index in [0.717, 1.165) is 10.8 Å². The molecule has 3 rings (SSSR count). The predicted octanol–water partition coefficient (Wildman–Crippen LogP) is 4.68. The van der Waals surface area contributed by atoms with Crippen LogP contribution in [-0.2, 0) is 0 Å². The number of aromatic nitrogens is 2. The average Bonchev–Trinajstić information content (AvgIpc) is 2.66. The van der Waals surface area contributed by atoms with E-state index >= 15 is 0 Å². The lowest BCUT2D eigenvalue weighted by Gasteiger charge is -2.16. The Morgan fingerprint density at radius 3 is 2.30 bits per heavy atom. The minimum atomic E-state index is -0.0548. The molecule has 2 aromatic heterocycles. The molecule has 9 heteroatoms. The standard InChI is InChI=1S/C18H16Cl3N3O3/c1-26-12-7-13(27-2)17(21)15(16(12)20)11-5-9-8-23-14(19)6-10(9)18(24-11)22-3-4-25/h5-8,25H,3-4H2,1-2H3,(H,22,24). The van der Waals surface area contributed by atoms with E-state index in [1.165, 1.54) is 14.2 Å². The molecule has 0 aliphatic carbocycles. The van der Waals surface area contributed by atoms with Gasteiger partial charge in [-0.05, 0) is 12.1 Å². The van der Waals surface area contributed by atoms with E-state index < -0.39 is 0 Å². The number of hydrogen-bond donors (Lipinski definition) is 2. The van der Waals surface area contributed by atoms with Crippen molar-refractivity contribution >= 4 is 51.4 Å². The molecule has 0 unspecified atom stereocenters. The van der Waals surface area contributed by atoms with Gasteiger partial charge < -0.3 is 19.9 Å². The lowest BCUT2D eigenvalue weighted by molar-refractivity contribution is 0.311. The second-order valence-corrected chi connectivity index (χ2v) is 6.66. The van der Waals surface area contributed by atoms with Crippen molar-refractivity contribution < 1.29 is 14.6 Å². The number of benzene rings is 1. The van der Waals surface area contributed by atoms with Crippen LogP contribution in [0, 0.1) is 0 Å². The molecular weight excluding hydrogens is 413 g/mol. The molecule has 1 aromatic carbocycles. The summed E-state index contributed by atoms with van der Waals surface area (Å²) in [7, 11) is 3.01. The highest BCUT2D eigenvalue weighted by atomic mass is 35.5. The van der Waals surface area contributed by atoms with Crippen molar-refractivity contribution in [3.8, 4) is 22.8 Å². The monoisotopic (exact) mass is 427 g/mol. The summed E-state index contributed by atoms with van der Waals surface area (Å²) in [5.41, 5.74) is 0.970. The van der Waals surface area contributed by atoms with Gasteiger partial charge in [-0.1, -0.05) is 34.8 Å². The van der Waals surface area contributed by atoms with Gasteiger partial charge in [0.2, 0.25) is 0 Å². The highest BCUT2D eigenvalue weighted by Crippen LogP contribution is 2.46. The zero-order chi connectivity index (χ0) is 19.6. The normalized spacial score (nSPS) is 10.9. The van der Waals surface area contributed by atoms with Gasteiger partial charge in [-0.2, -0.15) is 0 Å². The zero-order valence-corrected chi connectivity index (χ0v) is 16.8. The van der Waals surface area contributed by atoms with E-state index in [0.29, 0.717) is 50.3 Å². The van der Waals surface area contributed by atoms with E-state index in [2.05, 4.69) is 15.3 Å². The van der Waals surface area contributed by atoms with Crippen LogP contribution in [0.15, 0.2) is 24.4 Å². The minimum Gasteiger partial charge on any atom is -0.495 e. The third-order valence-electron chi connectivity index (χ3n) is 3.92. The maximum absolute atomic E-state index is 9.16. The Morgan fingerprint density at radius 2 is 1.70 bits per heavy atom. The Balaban J connectivity index is 2.30. The first-order valence-corrected chi connectivity index (χ1v) is 9.05. The van der Waals surface area contributed by atoms with E-state index in [4.69, 9.17) is 49.4 Å². The van der Waals surface area contributed by atoms with Crippen molar-refractivity contribution in [2.24, 2.45) is 0 Å². The van der Waals surface area contributed by atoms with Gasteiger partial charge in [0.15, 0.2) is 0 Å². The molecule has 6 nitrogen and oxygen atoms in total. The smallest absolute Gasteiger partial charge is 0.141 e. The summed E-state index contributed by atoms with van der Waals surface area (Å²) in [5, 5.41) is 14.7. The summed E-state index contributed by atoms with van der Waals surface area (Å²) in [4.78, 5) is 8.75. The Labute approximate surface area is 171 Å². The number of pyridine rings is 2. The third-order valence-corrected chi connectivity index (χ3v) is 4.87. The topological polar surface area (TPSA) is 76.5 Å². The van der Waals surface area contributed by atoms with Crippen LogP contribution < -0.4 is 14.8 Å². The SMILES string of the molecule is COc1cc(OC)c(Cl)c(-c2cc3cnc(Cl)cc3c(NCCO)n2)c1Cl. The molecule has 0 aliphatic heterocycles. The second-order valence-electron chi connectivity index (χ2n) is 5.52. The summed E-state index contributed by atoms with van der Waals surface area (Å²) in [6.45, 7) is 0.259. The number of aliphatic hydroxyl groups excluding tert-OH is 1. The van der Waals surface area contributed by atoms with Gasteiger partial charge in [0.05, 0.1) is 36.6 Å². The Morgan fingerprint density at radius 1 is 1.04 bits per heavy atom. The second kappa shape index (κ2) is 8.35. The van der Waals surface area contributed by atoms with E-state index in [9.17, 15) is 0 Å². The summed E-state index contributed by atoms with van der Waals surface area (Å²) < 4.78 is 10.7. The average molecular weight is 429 g/mol. The first kappa shape index (κ1) is 19.8. The summed E-state index contributed by atoms with van der Waals surface area (Å²) in [5.74, 6) is 1.34. The minimum absolute atomic E-state index is 0.0548. The van der Waals surface area contributed by atoms with Crippen molar-refractivity contribution in [2.45, 2.75) is 0 Å². The Kier molecular flexibility index (Phi) is 6.11. The molecule has 0 bridgehead atoms. The number of rotatable bonds is 6. The number of nitrogens with zero attached hydrogens (tertiary/aromatic N) is 2. The fraction of sp³-hybridized carbons (Fsp3) is 0.222. The number of ether oxygens (including phenoxy) is 2. The maximum Gasteiger partial charge on any atom is 0.141 e. The number of aliphatic hydroxyl groups is 1. The number of anilines is 1.